The SMILES string of the molecule is COc1c(C)cc(P(c2cc(C)c(OC)c(C)c2)[C]23[C]4(P(C5CCCCC5)C5CCCCC5)[CH]5[CH]6[C@@]2(C(C)N(C)C)[Fe]56432789[CH]3[CH]2[CH]7[CH]8[CH]39)cc1C. The fraction of sp³-hybridized carbons (Fsp3) is 0.727. The second kappa shape index (κ2) is 5.43. The van der Waals surface area contributed by atoms with Crippen LogP contribution in [0.1, 0.15) is 93.4 Å². The van der Waals surface area contributed by atoms with Gasteiger partial charge < -0.3 is 0 Å². The summed E-state index contributed by atoms with van der Waals surface area (Å²) in [4.78, 5) is 11.7. The number of rotatable bonds is 10. The van der Waals surface area contributed by atoms with Crippen molar-refractivity contribution < 1.29 is 16.0 Å². The van der Waals surface area contributed by atoms with E-state index in [0.717, 1.165) is 32.9 Å². The van der Waals surface area contributed by atoms with Crippen molar-refractivity contribution in [2.45, 2.75) is 162 Å². The number of benzene rings is 2. The first-order valence-electron chi connectivity index (χ1n) is 20.6. The molecule has 2 aromatic carbocycles. The maximum absolute atomic E-state index is 6.10. The Morgan fingerprint density at radius 1 is 0.660 bits per heavy atom. The molecule has 10 saturated heterocycles. The van der Waals surface area contributed by atoms with Gasteiger partial charge in [0.05, 0.1) is 0 Å². The Bertz CT molecular complexity index is 2230. The number of fused-ring (bicyclic) bond motifs is 10. The van der Waals surface area contributed by atoms with Crippen LogP contribution in [0, 0.1) is 27.7 Å². The molecule has 3 nitrogen and oxygen atoms in total. The van der Waals surface area contributed by atoms with Gasteiger partial charge in [-0.25, -0.2) is 0 Å². The van der Waals surface area contributed by atoms with E-state index in [2.05, 4.69) is 77.9 Å². The summed E-state index contributed by atoms with van der Waals surface area (Å²) in [6.45, 7) is 7.95. The molecule has 12 fully saturated rings. The quantitative estimate of drug-likeness (QED) is 0.178. The van der Waals surface area contributed by atoms with E-state index in [9.17, 15) is 0 Å². The van der Waals surface area contributed by atoms with Crippen LogP contribution in [0.3, 0.4) is 0 Å². The standard InChI is InChI=1S/C39H56NO2P2.C5H5.Fe/c1-26-22-33(23-27(2)37(26)41-8)44(34-24-28(3)38(42-9)29(4)25-34)39-35(30(5)40(6)7)20-21-36(39)43(31-16-12-10-13-17-31)32-18-14-11-15-19-32;1-2-4-5-3-1;/h20-25,30-32H,10-19H2,1-9H3;1-5H;. The molecule has 6 heteroatoms. The molecule has 50 heavy (non-hydrogen) atoms. The average molecular weight is 754 g/mol. The summed E-state index contributed by atoms with van der Waals surface area (Å²) in [6.07, 6.45) is 15.5. The van der Waals surface area contributed by atoms with Crippen molar-refractivity contribution in [1.82, 2.24) is 4.90 Å². The molecule has 14 rings (SSSR count). The molecule has 0 bridgehead atoms. The van der Waals surface area contributed by atoms with Gasteiger partial charge in [-0.3, -0.25) is 0 Å². The number of aryl methyl sites for hydroxylation is 4. The van der Waals surface area contributed by atoms with Gasteiger partial charge in [0.1, 0.15) is 0 Å². The van der Waals surface area contributed by atoms with Crippen LogP contribution in [-0.2, 0) is 6.51 Å². The summed E-state index contributed by atoms with van der Waals surface area (Å²) in [5.41, 5.74) is 7.65. The zero-order valence-electron chi connectivity index (χ0n) is 32.2. The van der Waals surface area contributed by atoms with Crippen molar-refractivity contribution in [3.8, 4) is 11.5 Å². The van der Waals surface area contributed by atoms with Gasteiger partial charge in [-0.1, -0.05) is 0 Å². The monoisotopic (exact) mass is 753 g/mol. The summed E-state index contributed by atoms with van der Waals surface area (Å²) in [7, 11) is 8.33. The molecule has 1 spiro atoms. The van der Waals surface area contributed by atoms with Crippen molar-refractivity contribution in [3.05, 3.63) is 46.5 Å². The Hall–Kier alpha value is -0.621. The average Bonchev–Trinajstić information content (AvgIpc) is 4.05. The van der Waals surface area contributed by atoms with Crippen LogP contribution in [-0.4, -0.2) is 58.7 Å². The second-order valence-electron chi connectivity index (χ2n) is 22.0. The number of ether oxygens (including phenoxy) is 2. The topological polar surface area (TPSA) is 21.7 Å². The first-order valence-corrected chi connectivity index (χ1v) is 29.6. The molecule has 10 heterocycles. The third-order valence-corrected chi connectivity index (χ3v) is 83.5. The molecular weight excluding hydrogens is 692 g/mol. The molecule has 0 radical (unpaired) electrons. The van der Waals surface area contributed by atoms with E-state index < -0.39 is 14.4 Å². The summed E-state index contributed by atoms with van der Waals surface area (Å²) in [5.74, 6) is 2.24. The molecule has 6 atom stereocenters. The van der Waals surface area contributed by atoms with Crippen molar-refractivity contribution in [2.75, 3.05) is 28.3 Å². The van der Waals surface area contributed by atoms with E-state index in [-0.39, 0.29) is 7.92 Å². The molecule has 0 amide bonds. The summed E-state index contributed by atoms with van der Waals surface area (Å²) >= 11 is 0. The van der Waals surface area contributed by atoms with Gasteiger partial charge in [-0.2, -0.15) is 0 Å². The third-order valence-electron chi connectivity index (χ3n) is 24.8. The van der Waals surface area contributed by atoms with Gasteiger partial charge in [-0.15, -0.1) is 0 Å². The molecule has 2 aromatic rings. The molecular formula is C44H61FeNO2P2. The van der Waals surface area contributed by atoms with Crippen molar-refractivity contribution in [3.63, 3.8) is 0 Å². The van der Waals surface area contributed by atoms with Crippen LogP contribution in [0.5, 0.6) is 11.5 Å². The molecule has 10 aliphatic heterocycles. The van der Waals surface area contributed by atoms with Crippen LogP contribution >= 0.6 is 15.8 Å². The molecule has 0 aromatic heterocycles. The Balaban J connectivity index is 1.12. The van der Waals surface area contributed by atoms with E-state index in [4.69, 9.17) is 9.47 Å². The van der Waals surface area contributed by atoms with E-state index in [1.54, 1.807) is 36.3 Å². The van der Waals surface area contributed by atoms with E-state index in [1.807, 2.05) is 14.2 Å². The van der Waals surface area contributed by atoms with Gasteiger partial charge in [0, 0.05) is 0 Å². The number of nitrogens with zero attached hydrogens (tertiary/aromatic N) is 1. The minimum atomic E-state index is -4.29. The predicted molar refractivity (Wildman–Crippen MR) is 209 cm³/mol. The van der Waals surface area contributed by atoms with Gasteiger partial charge in [0.25, 0.3) is 0 Å². The van der Waals surface area contributed by atoms with Crippen LogP contribution in [0.15, 0.2) is 24.3 Å². The Morgan fingerprint density at radius 2 is 1.06 bits per heavy atom. The number of methoxy groups -OCH3 is 2. The van der Waals surface area contributed by atoms with Gasteiger partial charge in [0.15, 0.2) is 0 Å². The fourth-order valence-corrected chi connectivity index (χ4v) is 138. The van der Waals surface area contributed by atoms with E-state index >= 15 is 0 Å². The minimum absolute atomic E-state index is 0.0470. The summed E-state index contributed by atoms with van der Waals surface area (Å²) in [6, 6.07) is 11.5. The van der Waals surface area contributed by atoms with Crippen LogP contribution in [0.4, 0.5) is 0 Å². The van der Waals surface area contributed by atoms with E-state index in [1.165, 1.54) is 94.5 Å². The Morgan fingerprint density at radius 3 is 1.40 bits per heavy atom. The second-order valence-corrected chi connectivity index (χ2v) is 51.1. The molecule has 0 N–H and O–H groups in total. The summed E-state index contributed by atoms with van der Waals surface area (Å²) in [5, 5.41) is 3.50. The number of hydrogen-bond acceptors (Lipinski definition) is 3. The van der Waals surface area contributed by atoms with Crippen molar-refractivity contribution in [2.24, 2.45) is 0 Å². The third kappa shape index (κ3) is 0.934. The maximum atomic E-state index is 6.10. The van der Waals surface area contributed by atoms with Crippen LogP contribution < -0.4 is 20.1 Å². The number of hydrogen-bond donors (Lipinski definition) is 0. The van der Waals surface area contributed by atoms with Crippen LogP contribution in [0.25, 0.3) is 0 Å². The van der Waals surface area contributed by atoms with Crippen LogP contribution in [0.2, 0.25) is 38.0 Å². The van der Waals surface area contributed by atoms with Crippen molar-refractivity contribution in [1.29, 1.82) is 0 Å². The molecule has 5 unspecified atom stereocenters. The zero-order chi connectivity index (χ0) is 34.3. The first-order chi connectivity index (χ1) is 23.9. The van der Waals surface area contributed by atoms with E-state index in [0.29, 0.717) is 8.37 Å². The van der Waals surface area contributed by atoms with Crippen molar-refractivity contribution >= 4 is 26.5 Å². The Kier molecular flexibility index (Phi) is 3.23. The predicted octanol–water partition coefficient (Wildman–Crippen LogP) is 11.0. The molecule has 2 aliphatic carbocycles. The van der Waals surface area contributed by atoms with Gasteiger partial charge in [0.2, 0.25) is 0 Å². The zero-order valence-corrected chi connectivity index (χ0v) is 35.1. The molecule has 12 aliphatic rings. The Labute approximate surface area is 294 Å². The van der Waals surface area contributed by atoms with Gasteiger partial charge >= 0.3 is 296 Å². The normalized spacial score (nSPS) is 56.7. The molecule has 272 valence electrons. The first kappa shape index (κ1) is 29.7. The summed E-state index contributed by atoms with van der Waals surface area (Å²) < 4.78 is 14.4. The fourth-order valence-electron chi connectivity index (χ4n) is 26.6. The molecule has 2 saturated carbocycles. The van der Waals surface area contributed by atoms with Gasteiger partial charge in [-0.05, 0) is 0 Å².